The van der Waals surface area contributed by atoms with Gasteiger partial charge in [0, 0.05) is 44.6 Å². The van der Waals surface area contributed by atoms with Crippen molar-refractivity contribution in [3.63, 3.8) is 0 Å². The van der Waals surface area contributed by atoms with Gasteiger partial charge < -0.3 is 20.3 Å². The van der Waals surface area contributed by atoms with Gasteiger partial charge in [0.1, 0.15) is 0 Å². The summed E-state index contributed by atoms with van der Waals surface area (Å²) < 4.78 is 5.48. The molecule has 0 unspecified atom stereocenters. The van der Waals surface area contributed by atoms with Crippen LogP contribution in [0.1, 0.15) is 12.8 Å². The fraction of sp³-hybridized carbons (Fsp3) is 0.923. The molecule has 0 radical (unpaired) electrons. The van der Waals surface area contributed by atoms with E-state index in [9.17, 15) is 0 Å². The van der Waals surface area contributed by atoms with Gasteiger partial charge in [-0.05, 0) is 33.2 Å². The number of guanidine groups is 1. The lowest BCUT2D eigenvalue weighted by Crippen LogP contribution is -2.57. The van der Waals surface area contributed by atoms with Crippen molar-refractivity contribution < 1.29 is 4.74 Å². The van der Waals surface area contributed by atoms with Gasteiger partial charge in [-0.2, -0.15) is 11.8 Å². The van der Waals surface area contributed by atoms with E-state index in [1.807, 2.05) is 18.8 Å². The average molecular weight is 288 g/mol. The SMILES string of the molecule is CN=C(NCCSC)NCC1(N(C)C)CCOCC1. The first kappa shape index (κ1) is 16.6. The summed E-state index contributed by atoms with van der Waals surface area (Å²) in [5.41, 5.74) is 0.176. The molecule has 6 heteroatoms. The highest BCUT2D eigenvalue weighted by molar-refractivity contribution is 7.98. The van der Waals surface area contributed by atoms with E-state index in [4.69, 9.17) is 4.74 Å². The summed E-state index contributed by atoms with van der Waals surface area (Å²) in [7, 11) is 6.12. The summed E-state index contributed by atoms with van der Waals surface area (Å²) in [5, 5.41) is 6.79. The highest BCUT2D eigenvalue weighted by atomic mass is 32.2. The minimum absolute atomic E-state index is 0.176. The van der Waals surface area contributed by atoms with Gasteiger partial charge in [-0.3, -0.25) is 4.99 Å². The molecule has 1 aliphatic heterocycles. The molecule has 0 amide bonds. The quantitative estimate of drug-likeness (QED) is 0.426. The van der Waals surface area contributed by atoms with Crippen molar-refractivity contribution in [2.75, 3.05) is 59.5 Å². The summed E-state index contributed by atoms with van der Waals surface area (Å²) in [6, 6.07) is 0. The van der Waals surface area contributed by atoms with E-state index in [1.54, 1.807) is 0 Å². The van der Waals surface area contributed by atoms with Gasteiger partial charge in [-0.1, -0.05) is 0 Å². The van der Waals surface area contributed by atoms with Crippen LogP contribution in [0.15, 0.2) is 4.99 Å². The zero-order valence-corrected chi connectivity index (χ0v) is 13.5. The molecule has 112 valence electrons. The van der Waals surface area contributed by atoms with Gasteiger partial charge in [0.2, 0.25) is 0 Å². The smallest absolute Gasteiger partial charge is 0.191 e. The van der Waals surface area contributed by atoms with E-state index >= 15 is 0 Å². The van der Waals surface area contributed by atoms with E-state index < -0.39 is 0 Å². The predicted molar refractivity (Wildman–Crippen MR) is 84.2 cm³/mol. The van der Waals surface area contributed by atoms with Gasteiger partial charge in [-0.25, -0.2) is 0 Å². The highest BCUT2D eigenvalue weighted by Crippen LogP contribution is 2.24. The second kappa shape index (κ2) is 8.66. The largest absolute Gasteiger partial charge is 0.381 e. The second-order valence-electron chi connectivity index (χ2n) is 5.08. The number of hydrogen-bond donors (Lipinski definition) is 2. The average Bonchev–Trinajstić information content (AvgIpc) is 2.43. The normalized spacial score (nSPS) is 19.5. The molecule has 1 rings (SSSR count). The first-order valence-electron chi connectivity index (χ1n) is 6.83. The van der Waals surface area contributed by atoms with Crippen LogP contribution in [0.5, 0.6) is 0 Å². The fourth-order valence-electron chi connectivity index (χ4n) is 2.27. The van der Waals surface area contributed by atoms with Gasteiger partial charge in [0.15, 0.2) is 5.96 Å². The van der Waals surface area contributed by atoms with Gasteiger partial charge in [-0.15, -0.1) is 0 Å². The number of aliphatic imine (C=N–C) groups is 1. The van der Waals surface area contributed by atoms with E-state index in [-0.39, 0.29) is 5.54 Å². The van der Waals surface area contributed by atoms with Crippen molar-refractivity contribution in [2.24, 2.45) is 4.99 Å². The Balaban J connectivity index is 2.46. The molecule has 19 heavy (non-hydrogen) atoms. The summed E-state index contributed by atoms with van der Waals surface area (Å²) in [5.74, 6) is 1.98. The first-order valence-corrected chi connectivity index (χ1v) is 8.22. The summed E-state index contributed by atoms with van der Waals surface area (Å²) in [4.78, 5) is 6.59. The molecule has 0 spiro atoms. The Bertz CT molecular complexity index is 278. The number of likely N-dealkylation sites (N-methyl/N-ethyl adjacent to an activating group) is 1. The lowest BCUT2D eigenvalue weighted by atomic mass is 9.88. The highest BCUT2D eigenvalue weighted by Gasteiger charge is 2.34. The molecule has 0 atom stereocenters. The minimum Gasteiger partial charge on any atom is -0.381 e. The van der Waals surface area contributed by atoms with Crippen LogP contribution in [0.4, 0.5) is 0 Å². The second-order valence-corrected chi connectivity index (χ2v) is 6.06. The maximum Gasteiger partial charge on any atom is 0.191 e. The van der Waals surface area contributed by atoms with Crippen molar-refractivity contribution in [1.82, 2.24) is 15.5 Å². The van der Waals surface area contributed by atoms with Crippen LogP contribution in [0.25, 0.3) is 0 Å². The summed E-state index contributed by atoms with van der Waals surface area (Å²) in [6.45, 7) is 3.54. The molecule has 2 N–H and O–H groups in total. The zero-order chi connectivity index (χ0) is 14.1. The molecule has 0 bridgehead atoms. The Morgan fingerprint density at radius 3 is 2.53 bits per heavy atom. The fourth-order valence-corrected chi connectivity index (χ4v) is 2.58. The third-order valence-corrected chi connectivity index (χ3v) is 4.39. The van der Waals surface area contributed by atoms with Crippen molar-refractivity contribution in [3.8, 4) is 0 Å². The van der Waals surface area contributed by atoms with Crippen LogP contribution >= 0.6 is 11.8 Å². The first-order chi connectivity index (χ1) is 9.14. The molecular formula is C13H28N4OS. The minimum atomic E-state index is 0.176. The van der Waals surface area contributed by atoms with E-state index in [1.165, 1.54) is 0 Å². The number of nitrogens with one attached hydrogen (secondary N) is 2. The van der Waals surface area contributed by atoms with Gasteiger partial charge in [0.25, 0.3) is 0 Å². The van der Waals surface area contributed by atoms with E-state index in [2.05, 4.69) is 40.9 Å². The topological polar surface area (TPSA) is 48.9 Å². The zero-order valence-electron chi connectivity index (χ0n) is 12.7. The van der Waals surface area contributed by atoms with Crippen LogP contribution in [0.2, 0.25) is 0 Å². The maximum atomic E-state index is 5.48. The van der Waals surface area contributed by atoms with Gasteiger partial charge in [0.05, 0.1) is 0 Å². The molecule has 5 nitrogen and oxygen atoms in total. The Morgan fingerprint density at radius 1 is 1.32 bits per heavy atom. The van der Waals surface area contributed by atoms with Crippen molar-refractivity contribution in [1.29, 1.82) is 0 Å². The Hall–Kier alpha value is -0.460. The molecule has 0 aromatic carbocycles. The molecule has 1 heterocycles. The molecule has 0 aliphatic carbocycles. The standard InChI is InChI=1S/C13H28N4OS/c1-14-12(15-7-10-19-4)16-11-13(17(2)3)5-8-18-9-6-13/h5-11H2,1-4H3,(H2,14,15,16). The number of ether oxygens (including phenoxy) is 1. The van der Waals surface area contributed by atoms with Crippen molar-refractivity contribution in [2.45, 2.75) is 18.4 Å². The van der Waals surface area contributed by atoms with Crippen LogP contribution in [0.3, 0.4) is 0 Å². The number of nitrogens with zero attached hydrogens (tertiary/aromatic N) is 2. The van der Waals surface area contributed by atoms with Crippen LogP contribution in [0, 0.1) is 0 Å². The molecule has 0 aromatic heterocycles. The predicted octanol–water partition coefficient (Wildman–Crippen LogP) is 0.625. The van der Waals surface area contributed by atoms with Crippen LogP contribution in [-0.4, -0.2) is 75.9 Å². The number of hydrogen-bond acceptors (Lipinski definition) is 4. The Labute approximate surface area is 121 Å². The third kappa shape index (κ3) is 5.20. The number of rotatable bonds is 6. The molecule has 1 saturated heterocycles. The monoisotopic (exact) mass is 288 g/mol. The van der Waals surface area contributed by atoms with Crippen LogP contribution in [-0.2, 0) is 4.74 Å². The van der Waals surface area contributed by atoms with E-state index in [0.29, 0.717) is 0 Å². The molecule has 1 aliphatic rings. The summed E-state index contributed by atoms with van der Waals surface area (Å²) >= 11 is 1.83. The molecule has 0 aromatic rings. The third-order valence-electron chi connectivity index (χ3n) is 3.78. The van der Waals surface area contributed by atoms with Crippen molar-refractivity contribution in [3.05, 3.63) is 0 Å². The lowest BCUT2D eigenvalue weighted by Gasteiger charge is -2.43. The number of thioether (sulfide) groups is 1. The molecule has 0 saturated carbocycles. The molecule has 1 fully saturated rings. The maximum absolute atomic E-state index is 5.48. The van der Waals surface area contributed by atoms with Crippen molar-refractivity contribution >= 4 is 17.7 Å². The van der Waals surface area contributed by atoms with Crippen LogP contribution < -0.4 is 10.6 Å². The molecular weight excluding hydrogens is 260 g/mol. The van der Waals surface area contributed by atoms with E-state index in [0.717, 1.165) is 50.9 Å². The summed E-state index contributed by atoms with van der Waals surface area (Å²) in [6.07, 6.45) is 4.24. The Kier molecular flexibility index (Phi) is 7.56. The van der Waals surface area contributed by atoms with Gasteiger partial charge >= 0.3 is 0 Å². The Morgan fingerprint density at radius 2 is 2.00 bits per heavy atom. The lowest BCUT2D eigenvalue weighted by molar-refractivity contribution is -0.00500.